The van der Waals surface area contributed by atoms with Crippen LogP contribution in [0.5, 0.6) is 0 Å². The standard InChI is InChI=1S/C14H19NO3/c1-4-18-14(17)13(10(2)3)12(16)9-11-7-5-6-8-15-11/h5-8,10,13H,4,9H2,1-3H3. The molecule has 0 amide bonds. The molecule has 0 aliphatic carbocycles. The highest BCUT2D eigenvalue weighted by molar-refractivity contribution is 6.00. The Morgan fingerprint density at radius 2 is 2.06 bits per heavy atom. The van der Waals surface area contributed by atoms with E-state index in [0.29, 0.717) is 12.3 Å². The molecule has 1 rings (SSSR count). The molecule has 0 aromatic carbocycles. The Morgan fingerprint density at radius 3 is 2.56 bits per heavy atom. The highest BCUT2D eigenvalue weighted by Crippen LogP contribution is 2.16. The third kappa shape index (κ3) is 3.95. The Kier molecular flexibility index (Phi) is 5.49. The molecule has 1 heterocycles. The molecule has 0 fully saturated rings. The zero-order valence-electron chi connectivity index (χ0n) is 11.1. The lowest BCUT2D eigenvalue weighted by Crippen LogP contribution is -2.32. The molecule has 1 unspecified atom stereocenters. The molecular formula is C14H19NO3. The average molecular weight is 249 g/mol. The Hall–Kier alpha value is -1.71. The van der Waals surface area contributed by atoms with Crippen LogP contribution in [0, 0.1) is 11.8 Å². The van der Waals surface area contributed by atoms with Crippen molar-refractivity contribution in [2.24, 2.45) is 11.8 Å². The summed E-state index contributed by atoms with van der Waals surface area (Å²) in [5.41, 5.74) is 0.678. The summed E-state index contributed by atoms with van der Waals surface area (Å²) in [7, 11) is 0. The van der Waals surface area contributed by atoms with Crippen LogP contribution in [0.4, 0.5) is 0 Å². The lowest BCUT2D eigenvalue weighted by atomic mass is 9.89. The summed E-state index contributed by atoms with van der Waals surface area (Å²) in [4.78, 5) is 28.0. The van der Waals surface area contributed by atoms with Gasteiger partial charge in [-0.1, -0.05) is 19.9 Å². The molecule has 98 valence electrons. The Balaban J connectivity index is 2.75. The maximum absolute atomic E-state index is 12.1. The van der Waals surface area contributed by atoms with Gasteiger partial charge in [-0.05, 0) is 25.0 Å². The van der Waals surface area contributed by atoms with Gasteiger partial charge in [0.1, 0.15) is 5.92 Å². The van der Waals surface area contributed by atoms with E-state index in [1.54, 1.807) is 25.3 Å². The lowest BCUT2D eigenvalue weighted by Gasteiger charge is -2.17. The van der Waals surface area contributed by atoms with Crippen LogP contribution < -0.4 is 0 Å². The van der Waals surface area contributed by atoms with E-state index < -0.39 is 11.9 Å². The lowest BCUT2D eigenvalue weighted by molar-refractivity contribution is -0.153. The fraction of sp³-hybridized carbons (Fsp3) is 0.500. The Labute approximate surface area is 107 Å². The monoisotopic (exact) mass is 249 g/mol. The van der Waals surface area contributed by atoms with Gasteiger partial charge in [0.15, 0.2) is 5.78 Å². The van der Waals surface area contributed by atoms with E-state index in [1.165, 1.54) is 0 Å². The van der Waals surface area contributed by atoms with Crippen LogP contribution in [0.2, 0.25) is 0 Å². The van der Waals surface area contributed by atoms with Crippen molar-refractivity contribution in [1.29, 1.82) is 0 Å². The van der Waals surface area contributed by atoms with E-state index in [-0.39, 0.29) is 18.1 Å². The van der Waals surface area contributed by atoms with E-state index in [1.807, 2.05) is 19.9 Å². The minimum absolute atomic E-state index is 0.0692. The fourth-order valence-corrected chi connectivity index (χ4v) is 1.80. The highest BCUT2D eigenvalue weighted by atomic mass is 16.5. The molecule has 0 N–H and O–H groups in total. The van der Waals surface area contributed by atoms with Crippen molar-refractivity contribution in [3.8, 4) is 0 Å². The first-order chi connectivity index (χ1) is 8.56. The van der Waals surface area contributed by atoms with Crippen molar-refractivity contribution < 1.29 is 14.3 Å². The number of ether oxygens (including phenoxy) is 1. The molecule has 4 heteroatoms. The third-order valence-electron chi connectivity index (χ3n) is 2.64. The van der Waals surface area contributed by atoms with E-state index in [0.717, 1.165) is 0 Å². The van der Waals surface area contributed by atoms with Crippen molar-refractivity contribution in [1.82, 2.24) is 4.98 Å². The quantitative estimate of drug-likeness (QED) is 0.572. The van der Waals surface area contributed by atoms with Gasteiger partial charge in [0.25, 0.3) is 0 Å². The predicted octanol–water partition coefficient (Wildman–Crippen LogP) is 2.03. The van der Waals surface area contributed by atoms with Crippen LogP contribution in [0.15, 0.2) is 24.4 Å². The maximum Gasteiger partial charge on any atom is 0.316 e. The number of carbonyl (C=O) groups excluding carboxylic acids is 2. The zero-order chi connectivity index (χ0) is 13.5. The molecule has 1 atom stereocenters. The van der Waals surface area contributed by atoms with Crippen molar-refractivity contribution in [2.75, 3.05) is 6.61 Å². The van der Waals surface area contributed by atoms with Gasteiger partial charge in [0.2, 0.25) is 0 Å². The second-order valence-electron chi connectivity index (χ2n) is 4.44. The fourth-order valence-electron chi connectivity index (χ4n) is 1.80. The molecule has 0 aliphatic rings. The number of Topliss-reactive ketones (excluding diaryl/α,β-unsaturated/α-hetero) is 1. The summed E-state index contributed by atoms with van der Waals surface area (Å²) in [6.07, 6.45) is 1.81. The SMILES string of the molecule is CCOC(=O)C(C(=O)Cc1ccccn1)C(C)C. The molecular weight excluding hydrogens is 230 g/mol. The van der Waals surface area contributed by atoms with Gasteiger partial charge < -0.3 is 4.74 Å². The van der Waals surface area contributed by atoms with Gasteiger partial charge in [0.05, 0.1) is 6.61 Å². The summed E-state index contributed by atoms with van der Waals surface area (Å²) < 4.78 is 4.94. The van der Waals surface area contributed by atoms with Gasteiger partial charge in [-0.3, -0.25) is 14.6 Å². The molecule has 1 aromatic rings. The number of pyridine rings is 1. The van der Waals surface area contributed by atoms with Crippen molar-refractivity contribution in [3.05, 3.63) is 30.1 Å². The molecule has 1 aromatic heterocycles. The van der Waals surface area contributed by atoms with Crippen LogP contribution in [0.3, 0.4) is 0 Å². The number of carbonyl (C=O) groups is 2. The van der Waals surface area contributed by atoms with E-state index in [9.17, 15) is 9.59 Å². The highest BCUT2D eigenvalue weighted by Gasteiger charge is 2.30. The molecule has 18 heavy (non-hydrogen) atoms. The van der Waals surface area contributed by atoms with Crippen LogP contribution in [-0.2, 0) is 20.7 Å². The van der Waals surface area contributed by atoms with Gasteiger partial charge >= 0.3 is 5.97 Å². The molecule has 0 radical (unpaired) electrons. The second-order valence-corrected chi connectivity index (χ2v) is 4.44. The number of esters is 1. The van der Waals surface area contributed by atoms with E-state index >= 15 is 0 Å². The minimum atomic E-state index is -0.702. The summed E-state index contributed by atoms with van der Waals surface area (Å²) in [5.74, 6) is -1.34. The van der Waals surface area contributed by atoms with Crippen molar-refractivity contribution in [3.63, 3.8) is 0 Å². The number of ketones is 1. The number of aromatic nitrogens is 1. The van der Waals surface area contributed by atoms with Crippen LogP contribution in [-0.4, -0.2) is 23.3 Å². The number of hydrogen-bond acceptors (Lipinski definition) is 4. The largest absolute Gasteiger partial charge is 0.465 e. The van der Waals surface area contributed by atoms with E-state index in [4.69, 9.17) is 4.74 Å². The van der Waals surface area contributed by atoms with Gasteiger partial charge in [-0.2, -0.15) is 0 Å². The summed E-state index contributed by atoms with van der Waals surface area (Å²) >= 11 is 0. The molecule has 0 bridgehead atoms. The number of hydrogen-bond donors (Lipinski definition) is 0. The molecule has 4 nitrogen and oxygen atoms in total. The van der Waals surface area contributed by atoms with Crippen molar-refractivity contribution >= 4 is 11.8 Å². The van der Waals surface area contributed by atoms with Gasteiger partial charge in [0, 0.05) is 18.3 Å². The molecule has 0 spiro atoms. The van der Waals surface area contributed by atoms with Crippen LogP contribution in [0.25, 0.3) is 0 Å². The normalized spacial score (nSPS) is 12.2. The topological polar surface area (TPSA) is 56.3 Å². The first-order valence-electron chi connectivity index (χ1n) is 6.15. The third-order valence-corrected chi connectivity index (χ3v) is 2.64. The van der Waals surface area contributed by atoms with Crippen LogP contribution in [0.1, 0.15) is 26.5 Å². The smallest absolute Gasteiger partial charge is 0.316 e. The van der Waals surface area contributed by atoms with Gasteiger partial charge in [-0.25, -0.2) is 0 Å². The van der Waals surface area contributed by atoms with Gasteiger partial charge in [-0.15, -0.1) is 0 Å². The summed E-state index contributed by atoms with van der Waals surface area (Å²) in [5, 5.41) is 0. The number of rotatable bonds is 6. The number of nitrogens with zero attached hydrogens (tertiary/aromatic N) is 1. The minimum Gasteiger partial charge on any atom is -0.465 e. The molecule has 0 saturated heterocycles. The van der Waals surface area contributed by atoms with E-state index in [2.05, 4.69) is 4.98 Å². The first kappa shape index (κ1) is 14.4. The molecule has 0 saturated carbocycles. The first-order valence-corrected chi connectivity index (χ1v) is 6.15. The Morgan fingerprint density at radius 1 is 1.33 bits per heavy atom. The molecule has 0 aliphatic heterocycles. The van der Waals surface area contributed by atoms with Crippen molar-refractivity contribution in [2.45, 2.75) is 27.2 Å². The van der Waals surface area contributed by atoms with Crippen LogP contribution >= 0.6 is 0 Å². The zero-order valence-corrected chi connectivity index (χ0v) is 11.1. The average Bonchev–Trinajstić information content (AvgIpc) is 2.30. The summed E-state index contributed by atoms with van der Waals surface area (Å²) in [6, 6.07) is 5.39. The predicted molar refractivity (Wildman–Crippen MR) is 67.9 cm³/mol. The second kappa shape index (κ2) is 6.89. The summed E-state index contributed by atoms with van der Waals surface area (Å²) in [6.45, 7) is 5.72. The maximum atomic E-state index is 12.1. The Bertz CT molecular complexity index is 401.